The van der Waals surface area contributed by atoms with Crippen molar-refractivity contribution in [1.82, 2.24) is 29.5 Å². The monoisotopic (exact) mass is 596 g/mol. The summed E-state index contributed by atoms with van der Waals surface area (Å²) in [6, 6.07) is 4.01. The number of alkyl carbamates (subject to hydrolysis) is 1. The van der Waals surface area contributed by atoms with Gasteiger partial charge >= 0.3 is 6.09 Å². The standard InChI is InChI=1S/C28H35FN8O4.C2H6/c1-8-16-17(19(29)9-10-23(16)40-7)12-31-26-32-13-18(22-11-20(24(30)38)35-36(22)6)25-34-21(14-37(25)26)15(2)33-27(39)41-28(3,4)5;1-2/h9-11,13-15H,8,12H2,1-7H3,(H2,30,38)(H,31,32)(H,33,39);1-2H3. The zero-order valence-electron chi connectivity index (χ0n) is 26.2. The van der Waals surface area contributed by atoms with Gasteiger partial charge in [0.15, 0.2) is 11.3 Å². The predicted molar refractivity (Wildman–Crippen MR) is 162 cm³/mol. The normalized spacial score (nSPS) is 11.9. The highest BCUT2D eigenvalue weighted by Gasteiger charge is 2.23. The largest absolute Gasteiger partial charge is 0.496 e. The number of hydrogen-bond acceptors (Lipinski definition) is 8. The molecular weight excluding hydrogens is 555 g/mol. The molecule has 4 N–H and O–H groups in total. The lowest BCUT2D eigenvalue weighted by atomic mass is 10.0. The Kier molecular flexibility index (Phi) is 10.3. The Balaban J connectivity index is 0.00000248. The number of anilines is 1. The van der Waals surface area contributed by atoms with E-state index >= 15 is 0 Å². The number of nitrogens with one attached hydrogen (secondary N) is 2. The number of nitrogens with zero attached hydrogens (tertiary/aromatic N) is 5. The van der Waals surface area contributed by atoms with Crippen LogP contribution in [0.5, 0.6) is 5.75 Å². The molecule has 1 aromatic carbocycles. The number of benzene rings is 1. The molecule has 2 amide bonds. The highest BCUT2D eigenvalue weighted by atomic mass is 19.1. The number of primary amides is 1. The second-order valence-electron chi connectivity index (χ2n) is 10.5. The number of aryl methyl sites for hydroxylation is 1. The van der Waals surface area contributed by atoms with Gasteiger partial charge in [-0.05, 0) is 52.3 Å². The fourth-order valence-corrected chi connectivity index (χ4v) is 4.49. The van der Waals surface area contributed by atoms with Crippen molar-refractivity contribution < 1.29 is 23.5 Å². The van der Waals surface area contributed by atoms with Gasteiger partial charge in [0.2, 0.25) is 5.95 Å². The second-order valence-corrected chi connectivity index (χ2v) is 10.5. The first-order valence-electron chi connectivity index (χ1n) is 14.1. The summed E-state index contributed by atoms with van der Waals surface area (Å²) in [5.41, 5.74) is 8.20. The quantitative estimate of drug-likeness (QED) is 0.240. The minimum Gasteiger partial charge on any atom is -0.496 e. The molecule has 13 heteroatoms. The molecule has 0 aliphatic rings. The first-order valence-corrected chi connectivity index (χ1v) is 14.1. The molecule has 0 spiro atoms. The van der Waals surface area contributed by atoms with Gasteiger partial charge in [-0.3, -0.25) is 13.9 Å². The molecule has 0 saturated carbocycles. The Labute approximate surface area is 250 Å². The van der Waals surface area contributed by atoms with Crippen LogP contribution in [0, 0.1) is 5.82 Å². The SMILES string of the molecule is CC.CCc1c(OC)ccc(F)c1CNc1ncc(-c2cc(C(N)=O)nn2C)c2nc(C(C)NC(=O)OC(C)(C)C)cn12. The van der Waals surface area contributed by atoms with Gasteiger partial charge in [0, 0.05) is 37.1 Å². The highest BCUT2D eigenvalue weighted by Crippen LogP contribution is 2.30. The summed E-state index contributed by atoms with van der Waals surface area (Å²) in [5.74, 6) is -0.0418. The van der Waals surface area contributed by atoms with Crippen molar-refractivity contribution in [2.45, 2.75) is 73.1 Å². The molecule has 0 aliphatic heterocycles. The van der Waals surface area contributed by atoms with E-state index in [4.69, 9.17) is 20.2 Å². The number of aromatic nitrogens is 5. The molecule has 1 unspecified atom stereocenters. The Morgan fingerprint density at radius 3 is 2.47 bits per heavy atom. The number of rotatable bonds is 9. The maximum atomic E-state index is 14.9. The molecule has 4 aromatic rings. The van der Waals surface area contributed by atoms with Crippen molar-refractivity contribution in [3.63, 3.8) is 0 Å². The number of carbonyl (C=O) groups is 2. The lowest BCUT2D eigenvalue weighted by Crippen LogP contribution is -2.34. The highest BCUT2D eigenvalue weighted by molar-refractivity contribution is 5.92. The molecule has 0 saturated heterocycles. The van der Waals surface area contributed by atoms with E-state index in [9.17, 15) is 14.0 Å². The van der Waals surface area contributed by atoms with Crippen LogP contribution < -0.4 is 21.1 Å². The van der Waals surface area contributed by atoms with Gasteiger partial charge < -0.3 is 25.8 Å². The van der Waals surface area contributed by atoms with Crippen LogP contribution >= 0.6 is 0 Å². The van der Waals surface area contributed by atoms with Gasteiger partial charge in [0.05, 0.1) is 30.1 Å². The third-order valence-electron chi connectivity index (χ3n) is 6.42. The fourth-order valence-electron chi connectivity index (χ4n) is 4.49. The van der Waals surface area contributed by atoms with E-state index in [0.717, 1.165) is 5.56 Å². The van der Waals surface area contributed by atoms with Crippen LogP contribution in [-0.4, -0.2) is 48.9 Å². The maximum Gasteiger partial charge on any atom is 0.408 e. The van der Waals surface area contributed by atoms with E-state index < -0.39 is 23.6 Å². The summed E-state index contributed by atoms with van der Waals surface area (Å²) in [6.45, 7) is 13.2. The Morgan fingerprint density at radius 1 is 1.19 bits per heavy atom. The summed E-state index contributed by atoms with van der Waals surface area (Å²) in [5, 5.41) is 10.2. The number of hydrogen-bond donors (Lipinski definition) is 3. The summed E-state index contributed by atoms with van der Waals surface area (Å²) in [6.07, 6.45) is 3.30. The molecule has 1 atom stereocenters. The van der Waals surface area contributed by atoms with E-state index in [1.807, 2.05) is 20.8 Å². The number of carbonyl (C=O) groups excluding carboxylic acids is 2. The van der Waals surface area contributed by atoms with Crippen molar-refractivity contribution in [3.8, 4) is 17.0 Å². The van der Waals surface area contributed by atoms with Crippen LogP contribution in [0.1, 0.15) is 81.8 Å². The number of halogens is 1. The molecule has 0 radical (unpaired) electrons. The van der Waals surface area contributed by atoms with E-state index in [1.165, 1.54) is 10.7 Å². The number of amides is 2. The molecule has 43 heavy (non-hydrogen) atoms. The average Bonchev–Trinajstić information content (AvgIpc) is 3.57. The first-order chi connectivity index (χ1) is 20.3. The van der Waals surface area contributed by atoms with Crippen molar-refractivity contribution >= 4 is 23.6 Å². The third kappa shape index (κ3) is 7.40. The number of nitrogens with two attached hydrogens (primary N) is 1. The molecule has 0 aliphatic carbocycles. The molecule has 4 rings (SSSR count). The molecular formula is C30H41FN8O4. The number of methoxy groups -OCH3 is 1. The minimum atomic E-state index is -0.666. The molecule has 232 valence electrons. The van der Waals surface area contributed by atoms with Gasteiger partial charge in [0.1, 0.15) is 17.2 Å². The topological polar surface area (TPSA) is 151 Å². The van der Waals surface area contributed by atoms with E-state index in [0.29, 0.717) is 46.3 Å². The number of ether oxygens (including phenoxy) is 2. The Hall–Kier alpha value is -4.68. The van der Waals surface area contributed by atoms with Crippen LogP contribution in [-0.2, 0) is 24.8 Å². The molecule has 0 fully saturated rings. The van der Waals surface area contributed by atoms with Crippen molar-refractivity contribution in [2.75, 3.05) is 12.4 Å². The Morgan fingerprint density at radius 2 is 1.88 bits per heavy atom. The first kappa shape index (κ1) is 32.8. The lowest BCUT2D eigenvalue weighted by molar-refractivity contribution is 0.0507. The summed E-state index contributed by atoms with van der Waals surface area (Å²) in [4.78, 5) is 33.6. The molecule has 3 heterocycles. The average molecular weight is 597 g/mol. The fraction of sp³-hybridized carbons (Fsp3) is 0.433. The maximum absolute atomic E-state index is 14.9. The summed E-state index contributed by atoms with van der Waals surface area (Å²) >= 11 is 0. The van der Waals surface area contributed by atoms with Gasteiger partial charge in [-0.1, -0.05) is 20.8 Å². The number of imidazole rings is 1. The van der Waals surface area contributed by atoms with Crippen LogP contribution in [0.3, 0.4) is 0 Å². The molecule has 3 aromatic heterocycles. The third-order valence-corrected chi connectivity index (χ3v) is 6.42. The van der Waals surface area contributed by atoms with E-state index in [1.54, 1.807) is 70.8 Å². The van der Waals surface area contributed by atoms with Gasteiger partial charge in [0.25, 0.3) is 5.91 Å². The van der Waals surface area contributed by atoms with Crippen LogP contribution in [0.15, 0.2) is 30.6 Å². The molecule has 12 nitrogen and oxygen atoms in total. The minimum absolute atomic E-state index is 0.0928. The summed E-state index contributed by atoms with van der Waals surface area (Å²) in [7, 11) is 3.23. The van der Waals surface area contributed by atoms with Gasteiger partial charge in [-0.2, -0.15) is 5.10 Å². The van der Waals surface area contributed by atoms with Crippen LogP contribution in [0.4, 0.5) is 15.1 Å². The van der Waals surface area contributed by atoms with Crippen molar-refractivity contribution in [1.29, 1.82) is 0 Å². The second kappa shape index (κ2) is 13.5. The van der Waals surface area contributed by atoms with Crippen molar-refractivity contribution in [2.24, 2.45) is 12.8 Å². The van der Waals surface area contributed by atoms with Gasteiger partial charge in [-0.25, -0.2) is 19.2 Å². The predicted octanol–water partition coefficient (Wildman–Crippen LogP) is 5.16. The molecule has 0 bridgehead atoms. The van der Waals surface area contributed by atoms with Crippen LogP contribution in [0.25, 0.3) is 16.9 Å². The van der Waals surface area contributed by atoms with Crippen molar-refractivity contribution in [3.05, 3.63) is 58.9 Å². The number of fused-ring (bicyclic) bond motifs is 1. The smallest absolute Gasteiger partial charge is 0.408 e. The summed E-state index contributed by atoms with van der Waals surface area (Å²) < 4.78 is 28.9. The zero-order chi connectivity index (χ0) is 32.1. The van der Waals surface area contributed by atoms with E-state index in [-0.39, 0.29) is 18.1 Å². The van der Waals surface area contributed by atoms with Crippen LogP contribution in [0.2, 0.25) is 0 Å². The zero-order valence-corrected chi connectivity index (χ0v) is 26.2. The Bertz CT molecular complexity index is 1610. The lowest BCUT2D eigenvalue weighted by Gasteiger charge is -2.21. The van der Waals surface area contributed by atoms with E-state index in [2.05, 4.69) is 20.7 Å². The van der Waals surface area contributed by atoms with Gasteiger partial charge in [-0.15, -0.1) is 0 Å².